The average Bonchev–Trinajstić information content (AvgIpc) is 3.35. The van der Waals surface area contributed by atoms with Crippen LogP contribution in [0.2, 0.25) is 0 Å². The predicted molar refractivity (Wildman–Crippen MR) is 116 cm³/mol. The molecule has 1 aliphatic heterocycles. The number of H-pyrrole nitrogens is 1. The Morgan fingerprint density at radius 3 is 2.83 bits per heavy atom. The first kappa shape index (κ1) is 18.8. The fraction of sp³-hybridized carbons (Fsp3) is 0.316. The number of aromatic nitrogens is 6. The van der Waals surface area contributed by atoms with E-state index in [0.29, 0.717) is 50.3 Å². The molecule has 4 aromatic rings. The topological polar surface area (TPSA) is 107 Å². The number of aromatic amines is 1. The number of carbonyl (C=O) groups is 1. The Labute approximate surface area is 180 Å². The maximum Gasteiger partial charge on any atom is 0.230 e. The number of anilines is 2. The molecule has 0 radical (unpaired) electrons. The Hall–Kier alpha value is -3.21. The van der Waals surface area contributed by atoms with Crippen molar-refractivity contribution in [3.8, 4) is 0 Å². The van der Waals surface area contributed by atoms with Crippen LogP contribution in [0.1, 0.15) is 11.4 Å². The number of hydrogen-bond donors (Lipinski definition) is 2. The lowest BCUT2D eigenvalue weighted by molar-refractivity contribution is -0.118. The lowest BCUT2D eigenvalue weighted by atomic mass is 10.2. The van der Waals surface area contributed by atoms with Crippen molar-refractivity contribution in [3.63, 3.8) is 0 Å². The van der Waals surface area contributed by atoms with E-state index in [2.05, 4.69) is 59.2 Å². The van der Waals surface area contributed by atoms with Crippen molar-refractivity contribution in [2.75, 3.05) is 36.4 Å². The summed E-state index contributed by atoms with van der Waals surface area (Å²) in [5.74, 6) is 2.00. The molecule has 2 N–H and O–H groups in total. The number of benzene rings is 1. The smallest absolute Gasteiger partial charge is 0.230 e. The summed E-state index contributed by atoms with van der Waals surface area (Å²) in [7, 11) is 0. The van der Waals surface area contributed by atoms with Gasteiger partial charge in [0, 0.05) is 26.2 Å². The number of carbonyl (C=O) groups excluding carboxylic acids is 1. The van der Waals surface area contributed by atoms with E-state index in [-0.39, 0.29) is 0 Å². The van der Waals surface area contributed by atoms with Crippen LogP contribution >= 0.6 is 15.9 Å². The minimum absolute atomic E-state index is 0.468. The van der Waals surface area contributed by atoms with Crippen molar-refractivity contribution in [1.82, 2.24) is 34.4 Å². The number of nitrogens with zero attached hydrogens (tertiary/aromatic N) is 7. The number of rotatable bonds is 5. The van der Waals surface area contributed by atoms with Crippen molar-refractivity contribution < 1.29 is 4.79 Å². The van der Waals surface area contributed by atoms with Crippen LogP contribution in [0, 0.1) is 6.92 Å². The zero-order chi connectivity index (χ0) is 20.7. The number of aryl methyl sites for hydroxylation is 1. The first-order chi connectivity index (χ1) is 14.6. The second kappa shape index (κ2) is 7.56. The molecular formula is C19H20BrN9O. The predicted octanol–water partition coefficient (Wildman–Crippen LogP) is 1.96. The summed E-state index contributed by atoms with van der Waals surface area (Å²) in [5.41, 5.74) is 3.81. The first-order valence-corrected chi connectivity index (χ1v) is 10.4. The normalized spacial score (nSPS) is 14.6. The van der Waals surface area contributed by atoms with Crippen LogP contribution in [0.5, 0.6) is 0 Å². The Kier molecular flexibility index (Phi) is 4.74. The van der Waals surface area contributed by atoms with Crippen molar-refractivity contribution in [3.05, 3.63) is 40.3 Å². The van der Waals surface area contributed by atoms with E-state index in [4.69, 9.17) is 4.98 Å². The third kappa shape index (κ3) is 3.45. The molecule has 3 aromatic heterocycles. The standard InChI is InChI=1S/C19H20BrN9O/c1-12-2-3-14-15(8-12)24-16(23-14)10-21-18-26-19(25-17-13(20)9-22-29(17)18)28-6-4-27(11-30)5-7-28/h2-3,8-9,11H,4-7,10H2,1H3,(H,23,24)(H,21,25,26). The molecule has 4 heterocycles. The molecule has 10 nitrogen and oxygen atoms in total. The molecule has 0 aliphatic carbocycles. The highest BCUT2D eigenvalue weighted by molar-refractivity contribution is 9.10. The minimum Gasteiger partial charge on any atom is -0.347 e. The highest BCUT2D eigenvalue weighted by Crippen LogP contribution is 2.22. The van der Waals surface area contributed by atoms with E-state index in [1.54, 1.807) is 15.6 Å². The number of hydrogen-bond acceptors (Lipinski definition) is 7. The quantitative estimate of drug-likeness (QED) is 0.430. The number of nitrogens with one attached hydrogen (secondary N) is 2. The van der Waals surface area contributed by atoms with Gasteiger partial charge >= 0.3 is 0 Å². The molecule has 30 heavy (non-hydrogen) atoms. The van der Waals surface area contributed by atoms with Crippen molar-refractivity contribution in [1.29, 1.82) is 0 Å². The van der Waals surface area contributed by atoms with E-state index >= 15 is 0 Å². The van der Waals surface area contributed by atoms with Gasteiger partial charge in [-0.2, -0.15) is 19.6 Å². The maximum absolute atomic E-state index is 11.0. The molecule has 1 aliphatic rings. The summed E-state index contributed by atoms with van der Waals surface area (Å²) in [6.07, 6.45) is 2.59. The van der Waals surface area contributed by atoms with Gasteiger partial charge in [-0.3, -0.25) is 4.79 Å². The summed E-state index contributed by atoms with van der Waals surface area (Å²) in [4.78, 5) is 32.2. The maximum atomic E-state index is 11.0. The molecule has 11 heteroatoms. The van der Waals surface area contributed by atoms with Gasteiger partial charge in [-0.05, 0) is 40.5 Å². The second-order valence-electron chi connectivity index (χ2n) is 7.26. The SMILES string of the molecule is Cc1ccc2nc(CNc3nc(N4CCN(C=O)CC4)nc4c(Br)cnn34)[nH]c2c1. The Balaban J connectivity index is 1.43. The lowest BCUT2D eigenvalue weighted by Crippen LogP contribution is -2.46. The van der Waals surface area contributed by atoms with E-state index in [0.717, 1.165) is 27.7 Å². The number of amides is 1. The molecule has 0 spiro atoms. The highest BCUT2D eigenvalue weighted by atomic mass is 79.9. The Morgan fingerprint density at radius 1 is 1.20 bits per heavy atom. The molecule has 1 saturated heterocycles. The first-order valence-electron chi connectivity index (χ1n) is 9.65. The molecule has 0 bridgehead atoms. The fourth-order valence-electron chi connectivity index (χ4n) is 3.55. The molecule has 0 atom stereocenters. The van der Waals surface area contributed by atoms with Crippen LogP contribution in [0.15, 0.2) is 28.9 Å². The third-order valence-corrected chi connectivity index (χ3v) is 5.72. The van der Waals surface area contributed by atoms with Crippen LogP contribution in [-0.4, -0.2) is 67.0 Å². The Bertz CT molecular complexity index is 1230. The molecule has 0 unspecified atom stereocenters. The van der Waals surface area contributed by atoms with Gasteiger partial charge < -0.3 is 20.1 Å². The zero-order valence-electron chi connectivity index (χ0n) is 16.3. The molecular weight excluding hydrogens is 450 g/mol. The van der Waals surface area contributed by atoms with Gasteiger partial charge in [-0.15, -0.1) is 0 Å². The van der Waals surface area contributed by atoms with Gasteiger partial charge in [-0.25, -0.2) is 4.98 Å². The van der Waals surface area contributed by atoms with Gasteiger partial charge in [-0.1, -0.05) is 6.07 Å². The van der Waals surface area contributed by atoms with E-state index in [9.17, 15) is 4.79 Å². The van der Waals surface area contributed by atoms with E-state index < -0.39 is 0 Å². The monoisotopic (exact) mass is 469 g/mol. The van der Waals surface area contributed by atoms with Gasteiger partial charge in [0.05, 0.1) is 28.2 Å². The van der Waals surface area contributed by atoms with Gasteiger partial charge in [0.25, 0.3) is 0 Å². The van der Waals surface area contributed by atoms with Gasteiger partial charge in [0.1, 0.15) is 5.82 Å². The van der Waals surface area contributed by atoms with Gasteiger partial charge in [0.2, 0.25) is 18.3 Å². The van der Waals surface area contributed by atoms with Crippen LogP contribution in [-0.2, 0) is 11.3 Å². The molecule has 154 valence electrons. The zero-order valence-corrected chi connectivity index (χ0v) is 17.9. The number of piperazine rings is 1. The molecule has 1 fully saturated rings. The largest absolute Gasteiger partial charge is 0.347 e. The second-order valence-corrected chi connectivity index (χ2v) is 8.12. The number of halogens is 1. The van der Waals surface area contributed by atoms with Crippen LogP contribution in [0.25, 0.3) is 16.7 Å². The summed E-state index contributed by atoms with van der Waals surface area (Å²) in [6, 6.07) is 6.14. The van der Waals surface area contributed by atoms with Crippen LogP contribution in [0.3, 0.4) is 0 Å². The van der Waals surface area contributed by atoms with Crippen molar-refractivity contribution in [2.45, 2.75) is 13.5 Å². The average molecular weight is 470 g/mol. The summed E-state index contributed by atoms with van der Waals surface area (Å²) in [6.45, 7) is 5.20. The summed E-state index contributed by atoms with van der Waals surface area (Å²) < 4.78 is 2.46. The minimum atomic E-state index is 0.468. The summed E-state index contributed by atoms with van der Waals surface area (Å²) in [5, 5.41) is 7.71. The fourth-order valence-corrected chi connectivity index (χ4v) is 3.89. The number of fused-ring (bicyclic) bond motifs is 2. The molecule has 1 aromatic carbocycles. The van der Waals surface area contributed by atoms with E-state index in [1.807, 2.05) is 12.1 Å². The van der Waals surface area contributed by atoms with Crippen molar-refractivity contribution in [2.24, 2.45) is 0 Å². The van der Waals surface area contributed by atoms with Crippen molar-refractivity contribution >= 4 is 50.9 Å². The highest BCUT2D eigenvalue weighted by Gasteiger charge is 2.21. The van der Waals surface area contributed by atoms with Gasteiger partial charge in [0.15, 0.2) is 5.65 Å². The Morgan fingerprint density at radius 2 is 2.03 bits per heavy atom. The molecule has 0 saturated carbocycles. The number of imidazole rings is 1. The van der Waals surface area contributed by atoms with Crippen LogP contribution in [0.4, 0.5) is 11.9 Å². The molecule has 1 amide bonds. The van der Waals surface area contributed by atoms with E-state index in [1.165, 1.54) is 5.56 Å². The molecule has 5 rings (SSSR count). The summed E-state index contributed by atoms with van der Waals surface area (Å²) >= 11 is 3.51. The third-order valence-electron chi connectivity index (χ3n) is 5.16. The van der Waals surface area contributed by atoms with Crippen LogP contribution < -0.4 is 10.2 Å². The lowest BCUT2D eigenvalue weighted by Gasteiger charge is -2.32.